The zero-order chi connectivity index (χ0) is 20.2. The number of rotatable bonds is 7. The molecule has 0 saturated heterocycles. The number of carbonyl (C=O) groups excluding carboxylic acids is 1. The molecular formula is C20H25FN2O3S. The number of para-hydroxylation sites is 1. The summed E-state index contributed by atoms with van der Waals surface area (Å²) in [6.45, 7) is 5.77. The second-order valence-corrected chi connectivity index (χ2v) is 8.55. The Labute approximate surface area is 160 Å². The predicted octanol–water partition coefficient (Wildman–Crippen LogP) is 4.13. The van der Waals surface area contributed by atoms with E-state index in [4.69, 9.17) is 0 Å². The molecule has 5 nitrogen and oxygen atoms in total. The summed E-state index contributed by atoms with van der Waals surface area (Å²) in [5.41, 5.74) is 1.87. The maximum atomic E-state index is 13.2. The molecule has 0 heterocycles. The number of anilines is 2. The average molecular weight is 392 g/mol. The fourth-order valence-electron chi connectivity index (χ4n) is 2.98. The molecule has 0 aliphatic rings. The van der Waals surface area contributed by atoms with Gasteiger partial charge in [0.2, 0.25) is 15.9 Å². The van der Waals surface area contributed by atoms with E-state index in [0.29, 0.717) is 5.69 Å². The van der Waals surface area contributed by atoms with Crippen LogP contribution < -0.4 is 9.62 Å². The van der Waals surface area contributed by atoms with E-state index in [2.05, 4.69) is 5.32 Å². The van der Waals surface area contributed by atoms with Crippen molar-refractivity contribution < 1.29 is 17.6 Å². The minimum atomic E-state index is -3.76. The van der Waals surface area contributed by atoms with E-state index >= 15 is 0 Å². The lowest BCUT2D eigenvalue weighted by Gasteiger charge is -2.30. The molecule has 0 aliphatic heterocycles. The van der Waals surface area contributed by atoms with Crippen LogP contribution in [0.2, 0.25) is 0 Å². The normalized spacial score (nSPS) is 12.7. The fraction of sp³-hybridized carbons (Fsp3) is 0.350. The van der Waals surface area contributed by atoms with Gasteiger partial charge in [0.05, 0.1) is 11.9 Å². The Kier molecular flexibility index (Phi) is 6.59. The predicted molar refractivity (Wildman–Crippen MR) is 107 cm³/mol. The minimum Gasteiger partial charge on any atom is -0.324 e. The standard InChI is InChI=1S/C20H25FN2O3S/c1-5-19(20(24)22-18-9-7-6-8-17(18)14(2)3)23(27(4,25)26)16-12-10-15(21)11-13-16/h6-14,19H,5H2,1-4H3,(H,22,24)/t19-/m1/s1. The largest absolute Gasteiger partial charge is 0.324 e. The van der Waals surface area contributed by atoms with Crippen LogP contribution >= 0.6 is 0 Å². The third kappa shape index (κ3) is 5.07. The van der Waals surface area contributed by atoms with E-state index in [0.717, 1.165) is 16.1 Å². The number of carbonyl (C=O) groups is 1. The van der Waals surface area contributed by atoms with Crippen LogP contribution in [0.15, 0.2) is 48.5 Å². The first kappa shape index (κ1) is 20.9. The van der Waals surface area contributed by atoms with Crippen molar-refractivity contribution in [1.29, 1.82) is 0 Å². The van der Waals surface area contributed by atoms with Gasteiger partial charge < -0.3 is 5.32 Å². The van der Waals surface area contributed by atoms with Crippen molar-refractivity contribution in [1.82, 2.24) is 0 Å². The zero-order valence-electron chi connectivity index (χ0n) is 15.9. The Balaban J connectivity index is 2.40. The van der Waals surface area contributed by atoms with Crippen LogP contribution in [0.5, 0.6) is 0 Å². The van der Waals surface area contributed by atoms with E-state index < -0.39 is 27.8 Å². The molecule has 0 bridgehead atoms. The van der Waals surface area contributed by atoms with Gasteiger partial charge in [-0.25, -0.2) is 12.8 Å². The number of amides is 1. The van der Waals surface area contributed by atoms with E-state index in [9.17, 15) is 17.6 Å². The SMILES string of the molecule is CC[C@H](C(=O)Nc1ccccc1C(C)C)N(c1ccc(F)cc1)S(C)(=O)=O. The van der Waals surface area contributed by atoms with Crippen molar-refractivity contribution in [2.24, 2.45) is 0 Å². The van der Waals surface area contributed by atoms with Gasteiger partial charge in [0.1, 0.15) is 11.9 Å². The van der Waals surface area contributed by atoms with Crippen molar-refractivity contribution in [2.45, 2.75) is 39.2 Å². The first-order valence-corrected chi connectivity index (χ1v) is 10.6. The molecular weight excluding hydrogens is 367 g/mol. The molecule has 0 radical (unpaired) electrons. The molecule has 0 saturated carbocycles. The van der Waals surface area contributed by atoms with Crippen LogP contribution in [-0.4, -0.2) is 26.6 Å². The first-order chi connectivity index (χ1) is 12.6. The molecule has 0 aromatic heterocycles. The van der Waals surface area contributed by atoms with Gasteiger partial charge in [0.15, 0.2) is 0 Å². The highest BCUT2D eigenvalue weighted by Gasteiger charge is 2.31. The average Bonchev–Trinajstić information content (AvgIpc) is 2.59. The van der Waals surface area contributed by atoms with Crippen molar-refractivity contribution in [3.8, 4) is 0 Å². The van der Waals surface area contributed by atoms with Crippen LogP contribution in [0.4, 0.5) is 15.8 Å². The first-order valence-electron chi connectivity index (χ1n) is 8.80. The van der Waals surface area contributed by atoms with Gasteiger partial charge in [-0.1, -0.05) is 39.0 Å². The number of hydrogen-bond acceptors (Lipinski definition) is 3. The molecule has 0 unspecified atom stereocenters. The molecule has 1 atom stereocenters. The summed E-state index contributed by atoms with van der Waals surface area (Å²) in [4.78, 5) is 13.0. The monoisotopic (exact) mass is 392 g/mol. The lowest BCUT2D eigenvalue weighted by atomic mass is 10.0. The molecule has 1 amide bonds. The van der Waals surface area contributed by atoms with Gasteiger partial charge in [0, 0.05) is 5.69 Å². The van der Waals surface area contributed by atoms with Crippen molar-refractivity contribution in [2.75, 3.05) is 15.9 Å². The number of nitrogens with zero attached hydrogens (tertiary/aromatic N) is 1. The molecule has 1 N–H and O–H groups in total. The number of halogens is 1. The Bertz CT molecular complexity index is 896. The van der Waals surface area contributed by atoms with Crippen LogP contribution in [0.25, 0.3) is 0 Å². The number of nitrogens with one attached hydrogen (secondary N) is 1. The lowest BCUT2D eigenvalue weighted by Crippen LogP contribution is -2.47. The van der Waals surface area contributed by atoms with Crippen LogP contribution in [0.1, 0.15) is 38.7 Å². The van der Waals surface area contributed by atoms with E-state index in [-0.39, 0.29) is 18.0 Å². The topological polar surface area (TPSA) is 66.5 Å². The Morgan fingerprint density at radius 2 is 1.70 bits per heavy atom. The smallest absolute Gasteiger partial charge is 0.248 e. The molecule has 0 fully saturated rings. The molecule has 2 rings (SSSR count). The Morgan fingerprint density at radius 1 is 1.11 bits per heavy atom. The van der Waals surface area contributed by atoms with Crippen LogP contribution in [0, 0.1) is 5.82 Å². The summed E-state index contributed by atoms with van der Waals surface area (Å²) < 4.78 is 39.1. The Morgan fingerprint density at radius 3 is 2.22 bits per heavy atom. The summed E-state index contributed by atoms with van der Waals surface area (Å²) in [6.07, 6.45) is 1.30. The fourth-order valence-corrected chi connectivity index (χ4v) is 4.19. The van der Waals surface area contributed by atoms with Gasteiger partial charge >= 0.3 is 0 Å². The summed E-state index contributed by atoms with van der Waals surface area (Å²) >= 11 is 0. The van der Waals surface area contributed by atoms with Crippen molar-refractivity contribution in [3.05, 3.63) is 59.9 Å². The third-order valence-corrected chi connectivity index (χ3v) is 5.43. The molecule has 2 aromatic carbocycles. The maximum absolute atomic E-state index is 13.2. The summed E-state index contributed by atoms with van der Waals surface area (Å²) in [6, 6.07) is 11.5. The second-order valence-electron chi connectivity index (χ2n) is 6.69. The third-order valence-electron chi connectivity index (χ3n) is 4.25. The Hall–Kier alpha value is -2.41. The number of hydrogen-bond donors (Lipinski definition) is 1. The van der Waals surface area contributed by atoms with Gasteiger partial charge in [-0.2, -0.15) is 0 Å². The highest BCUT2D eigenvalue weighted by Crippen LogP contribution is 2.26. The van der Waals surface area contributed by atoms with Crippen molar-refractivity contribution >= 4 is 27.3 Å². The summed E-state index contributed by atoms with van der Waals surface area (Å²) in [5.74, 6) is -0.708. The summed E-state index contributed by atoms with van der Waals surface area (Å²) in [7, 11) is -3.76. The van der Waals surface area contributed by atoms with E-state index in [1.165, 1.54) is 24.3 Å². The minimum absolute atomic E-state index is 0.199. The number of sulfonamides is 1. The van der Waals surface area contributed by atoms with Gasteiger partial charge in [-0.05, 0) is 48.2 Å². The number of benzene rings is 2. The molecule has 27 heavy (non-hydrogen) atoms. The highest BCUT2D eigenvalue weighted by atomic mass is 32.2. The van der Waals surface area contributed by atoms with E-state index in [1.54, 1.807) is 13.0 Å². The van der Waals surface area contributed by atoms with Gasteiger partial charge in [-0.15, -0.1) is 0 Å². The highest BCUT2D eigenvalue weighted by molar-refractivity contribution is 7.92. The quantitative estimate of drug-likeness (QED) is 0.770. The van der Waals surface area contributed by atoms with Crippen LogP contribution in [0.3, 0.4) is 0 Å². The van der Waals surface area contributed by atoms with E-state index in [1.807, 2.05) is 32.0 Å². The van der Waals surface area contributed by atoms with Crippen molar-refractivity contribution in [3.63, 3.8) is 0 Å². The maximum Gasteiger partial charge on any atom is 0.248 e. The van der Waals surface area contributed by atoms with Gasteiger partial charge in [0.25, 0.3) is 0 Å². The van der Waals surface area contributed by atoms with Gasteiger partial charge in [-0.3, -0.25) is 9.10 Å². The lowest BCUT2D eigenvalue weighted by molar-refractivity contribution is -0.117. The molecule has 2 aromatic rings. The molecule has 7 heteroatoms. The summed E-state index contributed by atoms with van der Waals surface area (Å²) in [5, 5.41) is 2.86. The molecule has 146 valence electrons. The zero-order valence-corrected chi connectivity index (χ0v) is 16.8. The van der Waals surface area contributed by atoms with Crippen LogP contribution in [-0.2, 0) is 14.8 Å². The second kappa shape index (κ2) is 8.52. The molecule has 0 aliphatic carbocycles. The molecule has 0 spiro atoms.